The van der Waals surface area contributed by atoms with Crippen LogP contribution >= 0.6 is 12.2 Å². The number of halogens is 1. The van der Waals surface area contributed by atoms with Crippen molar-refractivity contribution in [3.8, 4) is 0 Å². The highest BCUT2D eigenvalue weighted by Crippen LogP contribution is 2.40. The van der Waals surface area contributed by atoms with Gasteiger partial charge in [0.05, 0.1) is 0 Å². The molecule has 1 saturated carbocycles. The zero-order valence-electron chi connectivity index (χ0n) is 16.0. The molecule has 1 heterocycles. The lowest BCUT2D eigenvalue weighted by atomic mass is 9.98. The molecule has 0 aromatic heterocycles. The summed E-state index contributed by atoms with van der Waals surface area (Å²) in [5.41, 5.74) is 2.41. The predicted octanol–water partition coefficient (Wildman–Crippen LogP) is 5.46. The Bertz CT molecular complexity index is 943. The van der Waals surface area contributed by atoms with Gasteiger partial charge in [0.1, 0.15) is 22.2 Å². The van der Waals surface area contributed by atoms with Crippen LogP contribution in [0.2, 0.25) is 0 Å². The summed E-state index contributed by atoms with van der Waals surface area (Å²) < 4.78 is 13.4. The highest BCUT2D eigenvalue weighted by atomic mass is 32.1. The van der Waals surface area contributed by atoms with Crippen molar-refractivity contribution < 1.29 is 9.18 Å². The molecule has 3 nitrogen and oxygen atoms in total. The third-order valence-electron chi connectivity index (χ3n) is 5.63. The number of benzene rings is 2. The summed E-state index contributed by atoms with van der Waals surface area (Å²) in [6, 6.07) is 13.8. The van der Waals surface area contributed by atoms with Crippen LogP contribution in [-0.4, -0.2) is 27.2 Å². The van der Waals surface area contributed by atoms with E-state index in [0.717, 1.165) is 49.7 Å². The summed E-state index contributed by atoms with van der Waals surface area (Å²) in [4.78, 5) is 20.7. The molecule has 144 valence electrons. The Morgan fingerprint density at radius 2 is 1.75 bits per heavy atom. The standard InChI is InChI=1S/C23H23FN2OS/c1-16-7-6-8-18(15-16)21(27)26-22(28)20(17-9-11-19(24)12-10-17)25-23(26)13-4-2-3-5-14-23/h6-12,15H,2-5,13-14H2,1H3. The van der Waals surface area contributed by atoms with E-state index in [0.29, 0.717) is 16.3 Å². The van der Waals surface area contributed by atoms with Crippen LogP contribution < -0.4 is 0 Å². The molecule has 0 saturated heterocycles. The average molecular weight is 395 g/mol. The van der Waals surface area contributed by atoms with Crippen LogP contribution in [0.3, 0.4) is 0 Å². The molecule has 0 bridgehead atoms. The Kier molecular flexibility index (Phi) is 5.11. The molecule has 0 N–H and O–H groups in total. The molecule has 0 radical (unpaired) electrons. The molecule has 1 amide bonds. The molecule has 0 atom stereocenters. The summed E-state index contributed by atoms with van der Waals surface area (Å²) in [5, 5.41) is 0. The quantitative estimate of drug-likeness (QED) is 0.634. The third-order valence-corrected chi connectivity index (χ3v) is 6.01. The topological polar surface area (TPSA) is 32.7 Å². The van der Waals surface area contributed by atoms with E-state index in [1.807, 2.05) is 31.2 Å². The molecule has 2 aromatic rings. The molecule has 4 rings (SSSR count). The SMILES string of the molecule is Cc1cccc(C(=O)N2C(=S)C(c3ccc(F)cc3)=NC23CCCCCC3)c1. The van der Waals surface area contributed by atoms with Crippen LogP contribution in [0, 0.1) is 12.7 Å². The number of carbonyl (C=O) groups excluding carboxylic acids is 1. The van der Waals surface area contributed by atoms with Crippen LogP contribution in [-0.2, 0) is 0 Å². The van der Waals surface area contributed by atoms with E-state index in [2.05, 4.69) is 0 Å². The fraction of sp³-hybridized carbons (Fsp3) is 0.348. The average Bonchev–Trinajstić information content (AvgIpc) is 2.82. The molecule has 0 unspecified atom stereocenters. The van der Waals surface area contributed by atoms with Gasteiger partial charge in [-0.15, -0.1) is 0 Å². The highest BCUT2D eigenvalue weighted by Gasteiger charge is 2.48. The zero-order chi connectivity index (χ0) is 19.7. The second-order valence-corrected chi connectivity index (χ2v) is 8.07. The summed E-state index contributed by atoms with van der Waals surface area (Å²) in [5.74, 6) is -0.401. The Morgan fingerprint density at radius 1 is 1.07 bits per heavy atom. The zero-order valence-corrected chi connectivity index (χ0v) is 16.8. The van der Waals surface area contributed by atoms with Gasteiger partial charge < -0.3 is 0 Å². The molecular formula is C23H23FN2OS. The molecule has 28 heavy (non-hydrogen) atoms. The maximum absolute atomic E-state index is 13.5. The van der Waals surface area contributed by atoms with Crippen LogP contribution in [0.4, 0.5) is 4.39 Å². The lowest BCUT2D eigenvalue weighted by Gasteiger charge is -2.35. The van der Waals surface area contributed by atoms with Crippen molar-refractivity contribution >= 4 is 28.8 Å². The van der Waals surface area contributed by atoms with E-state index >= 15 is 0 Å². The minimum atomic E-state index is -0.627. The molecule has 5 heteroatoms. The summed E-state index contributed by atoms with van der Waals surface area (Å²) >= 11 is 5.76. The lowest BCUT2D eigenvalue weighted by molar-refractivity contribution is 0.0691. The van der Waals surface area contributed by atoms with Crippen LogP contribution in [0.5, 0.6) is 0 Å². The van der Waals surface area contributed by atoms with E-state index in [1.54, 1.807) is 17.0 Å². The third kappa shape index (κ3) is 3.39. The molecule has 2 aliphatic rings. The number of nitrogens with zero attached hydrogens (tertiary/aromatic N) is 2. The molecule has 1 spiro atoms. The minimum absolute atomic E-state index is 0.100. The first-order valence-corrected chi connectivity index (χ1v) is 10.2. The van der Waals surface area contributed by atoms with Crippen LogP contribution in [0.25, 0.3) is 0 Å². The Balaban J connectivity index is 1.78. The number of thiocarbonyl (C=S) groups is 1. The smallest absolute Gasteiger partial charge is 0.260 e. The van der Waals surface area contributed by atoms with Gasteiger partial charge in [-0.05, 0) is 69.0 Å². The summed E-state index contributed by atoms with van der Waals surface area (Å²) in [7, 11) is 0. The van der Waals surface area contributed by atoms with E-state index in [9.17, 15) is 9.18 Å². The van der Waals surface area contributed by atoms with Gasteiger partial charge in [0.25, 0.3) is 5.91 Å². The fourth-order valence-electron chi connectivity index (χ4n) is 4.22. The van der Waals surface area contributed by atoms with Crippen LogP contribution in [0.1, 0.15) is 60.0 Å². The van der Waals surface area contributed by atoms with Gasteiger partial charge in [-0.1, -0.05) is 42.8 Å². The number of aryl methyl sites for hydroxylation is 1. The van der Waals surface area contributed by atoms with Crippen molar-refractivity contribution in [3.63, 3.8) is 0 Å². The second-order valence-electron chi connectivity index (χ2n) is 7.68. The van der Waals surface area contributed by atoms with Gasteiger partial charge >= 0.3 is 0 Å². The van der Waals surface area contributed by atoms with Crippen molar-refractivity contribution in [1.29, 1.82) is 0 Å². The summed E-state index contributed by atoms with van der Waals surface area (Å²) in [6.45, 7) is 1.97. The number of hydrogen-bond donors (Lipinski definition) is 0. The van der Waals surface area contributed by atoms with Crippen molar-refractivity contribution in [3.05, 3.63) is 71.0 Å². The first kappa shape index (κ1) is 18.9. The predicted molar refractivity (Wildman–Crippen MR) is 113 cm³/mol. The normalized spacial score (nSPS) is 18.9. The van der Waals surface area contributed by atoms with Gasteiger partial charge in [0, 0.05) is 11.1 Å². The Morgan fingerprint density at radius 3 is 2.39 bits per heavy atom. The highest BCUT2D eigenvalue weighted by molar-refractivity contribution is 7.82. The Hall–Kier alpha value is -2.40. The molecule has 2 aromatic carbocycles. The molecule has 1 fully saturated rings. The lowest BCUT2D eigenvalue weighted by Crippen LogP contribution is -2.49. The van der Waals surface area contributed by atoms with Crippen molar-refractivity contribution in [2.24, 2.45) is 4.99 Å². The molecular weight excluding hydrogens is 371 g/mol. The van der Waals surface area contributed by atoms with Gasteiger partial charge in [0.15, 0.2) is 0 Å². The van der Waals surface area contributed by atoms with Crippen LogP contribution in [0.15, 0.2) is 53.5 Å². The molecule has 1 aliphatic heterocycles. The second kappa shape index (κ2) is 7.55. The first-order valence-electron chi connectivity index (χ1n) is 9.82. The van der Waals surface area contributed by atoms with Gasteiger partial charge in [-0.2, -0.15) is 0 Å². The number of hydrogen-bond acceptors (Lipinski definition) is 3. The monoisotopic (exact) mass is 394 g/mol. The van der Waals surface area contributed by atoms with Crippen molar-refractivity contribution in [2.45, 2.75) is 51.1 Å². The first-order chi connectivity index (χ1) is 13.5. The number of aliphatic imine (C=N–C) groups is 1. The summed E-state index contributed by atoms with van der Waals surface area (Å²) in [6.07, 6.45) is 5.91. The number of amides is 1. The van der Waals surface area contributed by atoms with E-state index in [-0.39, 0.29) is 11.7 Å². The van der Waals surface area contributed by atoms with Crippen molar-refractivity contribution in [2.75, 3.05) is 0 Å². The van der Waals surface area contributed by atoms with E-state index < -0.39 is 5.66 Å². The minimum Gasteiger partial charge on any atom is -0.271 e. The maximum Gasteiger partial charge on any atom is 0.260 e. The molecule has 1 aliphatic carbocycles. The number of carbonyl (C=O) groups is 1. The van der Waals surface area contributed by atoms with Crippen molar-refractivity contribution in [1.82, 2.24) is 4.90 Å². The number of rotatable bonds is 2. The fourth-order valence-corrected chi connectivity index (χ4v) is 4.63. The van der Waals surface area contributed by atoms with Gasteiger partial charge in [0.2, 0.25) is 0 Å². The van der Waals surface area contributed by atoms with E-state index in [4.69, 9.17) is 17.2 Å². The van der Waals surface area contributed by atoms with E-state index in [1.165, 1.54) is 12.1 Å². The Labute approximate surface area is 170 Å². The largest absolute Gasteiger partial charge is 0.271 e. The van der Waals surface area contributed by atoms with Gasteiger partial charge in [-0.25, -0.2) is 4.39 Å². The maximum atomic E-state index is 13.5. The van der Waals surface area contributed by atoms with Gasteiger partial charge in [-0.3, -0.25) is 14.7 Å².